The molecule has 2 aliphatic heterocycles. The Hall–Kier alpha value is -3.19. The third-order valence-corrected chi connectivity index (χ3v) is 6.17. The van der Waals surface area contributed by atoms with E-state index in [0.29, 0.717) is 12.2 Å². The second kappa shape index (κ2) is 8.51. The highest BCUT2D eigenvalue weighted by molar-refractivity contribution is 6.08. The van der Waals surface area contributed by atoms with Crippen molar-refractivity contribution in [3.63, 3.8) is 0 Å². The summed E-state index contributed by atoms with van der Waals surface area (Å²) in [6.45, 7) is 3.29. The average Bonchev–Trinajstić information content (AvgIpc) is 3.33. The molecule has 2 heterocycles. The molecule has 2 unspecified atom stereocenters. The number of methoxy groups -OCH3 is 1. The molecule has 0 radical (unpaired) electrons. The fourth-order valence-corrected chi connectivity index (χ4v) is 4.47. The number of benzene rings is 2. The third kappa shape index (κ3) is 3.93. The fourth-order valence-electron chi connectivity index (χ4n) is 4.47. The average molecular weight is 421 g/mol. The quantitative estimate of drug-likeness (QED) is 0.753. The van der Waals surface area contributed by atoms with Crippen LogP contribution in [0.25, 0.3) is 0 Å². The Morgan fingerprint density at radius 2 is 2.00 bits per heavy atom. The molecule has 2 fully saturated rings. The number of nitrogens with zero attached hydrogens (tertiary/aromatic N) is 2. The van der Waals surface area contributed by atoms with Crippen molar-refractivity contribution in [2.75, 3.05) is 20.3 Å². The Bertz CT molecular complexity index is 993. The van der Waals surface area contributed by atoms with Gasteiger partial charge in [-0.2, -0.15) is 0 Å². The number of nitrogens with one attached hydrogen (secondary N) is 2. The van der Waals surface area contributed by atoms with Crippen LogP contribution in [0.15, 0.2) is 54.6 Å². The van der Waals surface area contributed by atoms with Crippen LogP contribution in [0, 0.1) is 5.41 Å². The molecule has 0 aromatic heterocycles. The summed E-state index contributed by atoms with van der Waals surface area (Å²) in [4.78, 5) is 29.6. The zero-order valence-electron chi connectivity index (χ0n) is 17.9. The third-order valence-electron chi connectivity index (χ3n) is 6.17. The van der Waals surface area contributed by atoms with Gasteiger partial charge in [-0.05, 0) is 43.0 Å². The van der Waals surface area contributed by atoms with E-state index in [1.54, 1.807) is 20.1 Å². The Labute approximate surface area is 182 Å². The van der Waals surface area contributed by atoms with E-state index < -0.39 is 5.54 Å². The van der Waals surface area contributed by atoms with Gasteiger partial charge in [0.15, 0.2) is 5.96 Å². The lowest BCUT2D eigenvalue weighted by atomic mass is 9.92. The first-order valence-electron chi connectivity index (χ1n) is 10.6. The first kappa shape index (κ1) is 21.1. The molecule has 2 aromatic rings. The van der Waals surface area contributed by atoms with E-state index in [2.05, 4.69) is 5.32 Å². The van der Waals surface area contributed by atoms with Gasteiger partial charge in [0.2, 0.25) is 0 Å². The van der Waals surface area contributed by atoms with E-state index >= 15 is 0 Å². The van der Waals surface area contributed by atoms with Gasteiger partial charge in [-0.1, -0.05) is 42.5 Å². The van der Waals surface area contributed by atoms with Gasteiger partial charge in [0, 0.05) is 19.2 Å². The highest BCUT2D eigenvalue weighted by atomic mass is 16.5. The van der Waals surface area contributed by atoms with Crippen molar-refractivity contribution in [3.8, 4) is 0 Å². The molecule has 31 heavy (non-hydrogen) atoms. The van der Waals surface area contributed by atoms with Crippen molar-refractivity contribution >= 4 is 17.8 Å². The van der Waals surface area contributed by atoms with Gasteiger partial charge in [-0.25, -0.2) is 0 Å². The smallest absolute Gasteiger partial charge is 0.259 e. The van der Waals surface area contributed by atoms with Crippen LogP contribution in [-0.4, -0.2) is 53.9 Å². The maximum atomic E-state index is 13.2. The first-order valence-corrected chi connectivity index (χ1v) is 10.6. The number of carbonyl (C=O) groups is 2. The van der Waals surface area contributed by atoms with E-state index in [0.717, 1.165) is 30.5 Å². The number of amides is 2. The standard InChI is InChI=1S/C24H28N4O3/c1-24(19-10-4-3-5-11-19)22(30)28(23(25)26-24)15-17-8-6-9-18(14-17)21(29)27-13-7-12-20(27)16-31-2/h3-6,8-11,14,20H,7,12-13,15-16H2,1-2H3,(H2,25,26). The van der Waals surface area contributed by atoms with E-state index in [4.69, 9.17) is 10.1 Å². The summed E-state index contributed by atoms with van der Waals surface area (Å²) in [7, 11) is 1.65. The lowest BCUT2D eigenvalue weighted by molar-refractivity contribution is -0.131. The first-order chi connectivity index (χ1) is 14.9. The summed E-state index contributed by atoms with van der Waals surface area (Å²) in [5, 5.41) is 11.4. The second-order valence-corrected chi connectivity index (χ2v) is 8.31. The summed E-state index contributed by atoms with van der Waals surface area (Å²) in [5.74, 6) is -0.135. The van der Waals surface area contributed by atoms with E-state index in [9.17, 15) is 9.59 Å². The van der Waals surface area contributed by atoms with Crippen LogP contribution in [0.4, 0.5) is 0 Å². The van der Waals surface area contributed by atoms with Gasteiger partial charge in [0.25, 0.3) is 11.8 Å². The SMILES string of the molecule is COCC1CCCN1C(=O)c1cccc(CN2C(=N)NC(C)(c3ccccc3)C2=O)c1. The molecule has 2 N–H and O–H groups in total. The Morgan fingerprint density at radius 1 is 1.23 bits per heavy atom. The topological polar surface area (TPSA) is 85.7 Å². The molecule has 0 spiro atoms. The molecule has 2 aliphatic rings. The monoisotopic (exact) mass is 420 g/mol. The highest BCUT2D eigenvalue weighted by Gasteiger charge is 2.47. The number of rotatable bonds is 6. The molecular weight excluding hydrogens is 392 g/mol. The van der Waals surface area contributed by atoms with Crippen LogP contribution in [0.1, 0.15) is 41.3 Å². The summed E-state index contributed by atoms with van der Waals surface area (Å²) in [6, 6.07) is 16.9. The molecule has 2 aromatic carbocycles. The van der Waals surface area contributed by atoms with Gasteiger partial charge < -0.3 is 15.0 Å². The van der Waals surface area contributed by atoms with Gasteiger partial charge in [-0.15, -0.1) is 0 Å². The van der Waals surface area contributed by atoms with E-state index in [1.807, 2.05) is 53.4 Å². The largest absolute Gasteiger partial charge is 0.383 e. The molecule has 0 saturated carbocycles. The van der Waals surface area contributed by atoms with Crippen molar-refractivity contribution in [2.24, 2.45) is 0 Å². The van der Waals surface area contributed by atoms with Gasteiger partial charge >= 0.3 is 0 Å². The lowest BCUT2D eigenvalue weighted by Gasteiger charge is -2.24. The molecule has 7 nitrogen and oxygen atoms in total. The zero-order valence-corrected chi connectivity index (χ0v) is 17.9. The summed E-state index contributed by atoms with van der Waals surface area (Å²) in [5.41, 5.74) is 1.24. The minimum Gasteiger partial charge on any atom is -0.383 e. The Morgan fingerprint density at radius 3 is 2.74 bits per heavy atom. The normalized spacial score (nSPS) is 23.4. The summed E-state index contributed by atoms with van der Waals surface area (Å²) < 4.78 is 5.27. The number of likely N-dealkylation sites (tertiary alicyclic amines) is 1. The van der Waals surface area contributed by atoms with Crippen LogP contribution in [-0.2, 0) is 21.6 Å². The second-order valence-electron chi connectivity index (χ2n) is 8.31. The predicted molar refractivity (Wildman–Crippen MR) is 118 cm³/mol. The molecule has 0 bridgehead atoms. The minimum atomic E-state index is -0.977. The van der Waals surface area contributed by atoms with E-state index in [1.165, 1.54) is 4.90 Å². The van der Waals surface area contributed by atoms with Crippen LogP contribution in [0.5, 0.6) is 0 Å². The van der Waals surface area contributed by atoms with Crippen LogP contribution in [0.2, 0.25) is 0 Å². The zero-order chi connectivity index (χ0) is 22.0. The predicted octanol–water partition coefficient (Wildman–Crippen LogP) is 2.72. The highest BCUT2D eigenvalue weighted by Crippen LogP contribution is 2.29. The summed E-state index contributed by atoms with van der Waals surface area (Å²) in [6.07, 6.45) is 1.92. The summed E-state index contributed by atoms with van der Waals surface area (Å²) >= 11 is 0. The molecule has 162 valence electrons. The Kier molecular flexibility index (Phi) is 5.78. The van der Waals surface area contributed by atoms with Crippen molar-refractivity contribution < 1.29 is 14.3 Å². The fraction of sp³-hybridized carbons (Fsp3) is 0.375. The van der Waals surface area contributed by atoms with Crippen molar-refractivity contribution in [1.82, 2.24) is 15.1 Å². The molecule has 2 atom stereocenters. The number of guanidine groups is 1. The molecule has 7 heteroatoms. The number of ether oxygens (including phenoxy) is 1. The van der Waals surface area contributed by atoms with Gasteiger partial charge in [0.05, 0.1) is 19.2 Å². The number of hydrogen-bond donors (Lipinski definition) is 2. The van der Waals surface area contributed by atoms with Gasteiger partial charge in [0.1, 0.15) is 5.54 Å². The molecule has 2 saturated heterocycles. The number of hydrogen-bond acceptors (Lipinski definition) is 4. The lowest BCUT2D eigenvalue weighted by Crippen LogP contribution is -2.40. The minimum absolute atomic E-state index is 0.0172. The number of carbonyl (C=O) groups excluding carboxylic acids is 2. The van der Waals surface area contributed by atoms with Crippen molar-refractivity contribution in [3.05, 3.63) is 71.3 Å². The van der Waals surface area contributed by atoms with Crippen LogP contribution in [0.3, 0.4) is 0 Å². The van der Waals surface area contributed by atoms with Crippen LogP contribution < -0.4 is 5.32 Å². The van der Waals surface area contributed by atoms with Crippen LogP contribution >= 0.6 is 0 Å². The molecule has 2 amide bonds. The van der Waals surface area contributed by atoms with Crippen molar-refractivity contribution in [1.29, 1.82) is 5.41 Å². The maximum Gasteiger partial charge on any atom is 0.259 e. The molecule has 4 rings (SSSR count). The van der Waals surface area contributed by atoms with Crippen molar-refractivity contribution in [2.45, 2.75) is 37.9 Å². The molecule has 0 aliphatic carbocycles. The maximum absolute atomic E-state index is 13.2. The van der Waals surface area contributed by atoms with E-state index in [-0.39, 0.29) is 30.4 Å². The van der Waals surface area contributed by atoms with Gasteiger partial charge in [-0.3, -0.25) is 19.9 Å². The Balaban J connectivity index is 1.52. The molecular formula is C24H28N4O3.